The van der Waals surface area contributed by atoms with E-state index in [0.717, 1.165) is 13.0 Å². The second-order valence-electron chi connectivity index (χ2n) is 2.49. The molecule has 1 aliphatic rings. The van der Waals surface area contributed by atoms with Crippen LogP contribution in [0.1, 0.15) is 19.3 Å². The molecule has 0 aromatic heterocycles. The van der Waals surface area contributed by atoms with E-state index in [1.165, 1.54) is 12.8 Å². The molecule has 11 heavy (non-hydrogen) atoms. The molecule has 0 bridgehead atoms. The smallest absolute Gasteiger partial charge is 0.157 e. The monoisotopic (exact) mass is 220 g/mol. The molecule has 64 valence electrons. The maximum absolute atomic E-state index is 5.38. The average molecular weight is 221 g/mol. The second kappa shape index (κ2) is 5.75. The van der Waals surface area contributed by atoms with E-state index in [2.05, 4.69) is 15.9 Å². The molecular weight excluding hydrogens is 208 g/mol. The van der Waals surface area contributed by atoms with Gasteiger partial charge in [0.1, 0.15) is 0 Å². The molecule has 0 aromatic carbocycles. The number of rotatable bonds is 3. The van der Waals surface area contributed by atoms with Crippen molar-refractivity contribution in [1.29, 1.82) is 0 Å². The minimum Gasteiger partial charge on any atom is -0.353 e. The van der Waals surface area contributed by atoms with E-state index in [9.17, 15) is 0 Å². The Balaban J connectivity index is 2.04. The summed E-state index contributed by atoms with van der Waals surface area (Å²) in [4.78, 5) is 1.80. The molecule has 0 saturated carbocycles. The lowest BCUT2D eigenvalue weighted by Crippen LogP contribution is -2.22. The molecule has 0 radical (unpaired) electrons. The Kier molecular flexibility index (Phi) is 4.82. The zero-order chi connectivity index (χ0) is 7.94. The van der Waals surface area contributed by atoms with Crippen LogP contribution in [0.3, 0.4) is 0 Å². The molecule has 1 heterocycles. The number of halogens is 1. The SMILES string of the molecule is Br/C=C/CO[C@@H]1CCCCO1. The summed E-state index contributed by atoms with van der Waals surface area (Å²) in [6.07, 6.45) is 5.39. The maximum atomic E-state index is 5.38. The van der Waals surface area contributed by atoms with Crippen molar-refractivity contribution in [3.05, 3.63) is 11.1 Å². The predicted molar refractivity (Wildman–Crippen MR) is 47.6 cm³/mol. The standard InChI is InChI=1S/C8H13BrO2/c9-5-3-7-11-8-4-1-2-6-10-8/h3,5,8H,1-2,4,6-7H2/b5-3+/t8-/m1/s1. The van der Waals surface area contributed by atoms with Crippen molar-refractivity contribution in [2.24, 2.45) is 0 Å². The fraction of sp³-hybridized carbons (Fsp3) is 0.750. The first-order valence-electron chi connectivity index (χ1n) is 3.92. The van der Waals surface area contributed by atoms with Crippen molar-refractivity contribution in [3.8, 4) is 0 Å². The summed E-state index contributed by atoms with van der Waals surface area (Å²) >= 11 is 3.17. The molecule has 3 heteroatoms. The molecular formula is C8H13BrO2. The van der Waals surface area contributed by atoms with Gasteiger partial charge in [-0.15, -0.1) is 0 Å². The molecule has 0 amide bonds. The van der Waals surface area contributed by atoms with E-state index in [1.807, 2.05) is 6.08 Å². The summed E-state index contributed by atoms with van der Waals surface area (Å²) in [7, 11) is 0. The van der Waals surface area contributed by atoms with Crippen LogP contribution in [-0.2, 0) is 9.47 Å². The van der Waals surface area contributed by atoms with Crippen molar-refractivity contribution in [2.75, 3.05) is 13.2 Å². The molecule has 2 nitrogen and oxygen atoms in total. The van der Waals surface area contributed by atoms with Crippen LogP contribution in [-0.4, -0.2) is 19.5 Å². The Morgan fingerprint density at radius 1 is 1.55 bits per heavy atom. The molecule has 1 fully saturated rings. The lowest BCUT2D eigenvalue weighted by atomic mass is 10.2. The molecule has 0 spiro atoms. The Bertz CT molecular complexity index is 119. The fourth-order valence-corrected chi connectivity index (χ4v) is 1.19. The van der Waals surface area contributed by atoms with E-state index < -0.39 is 0 Å². The first kappa shape index (κ1) is 9.23. The Morgan fingerprint density at radius 3 is 3.09 bits per heavy atom. The number of ether oxygens (including phenoxy) is 2. The van der Waals surface area contributed by atoms with Gasteiger partial charge in [0.05, 0.1) is 6.61 Å². The van der Waals surface area contributed by atoms with Crippen LogP contribution in [0, 0.1) is 0 Å². The van der Waals surface area contributed by atoms with Gasteiger partial charge in [0.15, 0.2) is 6.29 Å². The Morgan fingerprint density at radius 2 is 2.45 bits per heavy atom. The maximum Gasteiger partial charge on any atom is 0.157 e. The van der Waals surface area contributed by atoms with E-state index >= 15 is 0 Å². The summed E-state index contributed by atoms with van der Waals surface area (Å²) in [5.74, 6) is 0. The van der Waals surface area contributed by atoms with Gasteiger partial charge in [-0.1, -0.05) is 22.0 Å². The van der Waals surface area contributed by atoms with Crippen molar-refractivity contribution in [1.82, 2.24) is 0 Å². The van der Waals surface area contributed by atoms with Gasteiger partial charge >= 0.3 is 0 Å². The zero-order valence-corrected chi connectivity index (χ0v) is 8.05. The summed E-state index contributed by atoms with van der Waals surface area (Å²) in [6.45, 7) is 1.48. The lowest BCUT2D eigenvalue weighted by Gasteiger charge is -2.21. The molecule has 1 aliphatic heterocycles. The highest BCUT2D eigenvalue weighted by Crippen LogP contribution is 2.13. The number of hydrogen-bond acceptors (Lipinski definition) is 2. The van der Waals surface area contributed by atoms with Gasteiger partial charge < -0.3 is 9.47 Å². The lowest BCUT2D eigenvalue weighted by molar-refractivity contribution is -0.155. The highest BCUT2D eigenvalue weighted by Gasteiger charge is 2.12. The highest BCUT2D eigenvalue weighted by atomic mass is 79.9. The van der Waals surface area contributed by atoms with Crippen LogP contribution >= 0.6 is 15.9 Å². The van der Waals surface area contributed by atoms with Gasteiger partial charge in [-0.2, -0.15) is 0 Å². The van der Waals surface area contributed by atoms with Gasteiger partial charge in [0, 0.05) is 6.61 Å². The number of hydrogen-bond donors (Lipinski definition) is 0. The van der Waals surface area contributed by atoms with Gasteiger partial charge in [-0.25, -0.2) is 0 Å². The molecule has 0 aliphatic carbocycles. The van der Waals surface area contributed by atoms with Crippen LogP contribution < -0.4 is 0 Å². The minimum absolute atomic E-state index is 0.0347. The molecule has 1 saturated heterocycles. The minimum atomic E-state index is 0.0347. The average Bonchev–Trinajstić information content (AvgIpc) is 2.07. The van der Waals surface area contributed by atoms with E-state index in [-0.39, 0.29) is 6.29 Å². The molecule has 0 N–H and O–H groups in total. The quantitative estimate of drug-likeness (QED) is 0.728. The molecule has 1 atom stereocenters. The van der Waals surface area contributed by atoms with Crippen LogP contribution in [0.15, 0.2) is 11.1 Å². The van der Waals surface area contributed by atoms with Crippen molar-refractivity contribution in [3.63, 3.8) is 0 Å². The molecule has 1 rings (SSSR count). The van der Waals surface area contributed by atoms with Gasteiger partial charge in [-0.3, -0.25) is 0 Å². The summed E-state index contributed by atoms with van der Waals surface area (Å²) in [5.41, 5.74) is 0. The summed E-state index contributed by atoms with van der Waals surface area (Å²) < 4.78 is 10.7. The van der Waals surface area contributed by atoms with E-state index in [0.29, 0.717) is 6.61 Å². The third kappa shape index (κ3) is 3.89. The van der Waals surface area contributed by atoms with E-state index in [4.69, 9.17) is 9.47 Å². The fourth-order valence-electron chi connectivity index (χ4n) is 1.04. The highest BCUT2D eigenvalue weighted by molar-refractivity contribution is 9.11. The van der Waals surface area contributed by atoms with Crippen molar-refractivity contribution in [2.45, 2.75) is 25.6 Å². The second-order valence-corrected chi connectivity index (χ2v) is 3.02. The first-order chi connectivity index (χ1) is 5.43. The summed E-state index contributed by atoms with van der Waals surface area (Å²) in [5, 5.41) is 0. The van der Waals surface area contributed by atoms with E-state index in [1.54, 1.807) is 4.99 Å². The third-order valence-electron chi connectivity index (χ3n) is 1.61. The first-order valence-corrected chi connectivity index (χ1v) is 4.83. The topological polar surface area (TPSA) is 18.5 Å². The van der Waals surface area contributed by atoms with Crippen LogP contribution in [0.25, 0.3) is 0 Å². The Labute approximate surface area is 75.7 Å². The zero-order valence-electron chi connectivity index (χ0n) is 6.46. The van der Waals surface area contributed by atoms with Crippen LogP contribution in [0.5, 0.6) is 0 Å². The van der Waals surface area contributed by atoms with Gasteiger partial charge in [0.2, 0.25) is 0 Å². The molecule has 0 aromatic rings. The van der Waals surface area contributed by atoms with Crippen LogP contribution in [0.4, 0.5) is 0 Å². The predicted octanol–water partition coefficient (Wildman–Crippen LogP) is 2.44. The van der Waals surface area contributed by atoms with Crippen molar-refractivity contribution >= 4 is 15.9 Å². The summed E-state index contributed by atoms with van der Waals surface area (Å²) in [6, 6.07) is 0. The van der Waals surface area contributed by atoms with Gasteiger partial charge in [-0.05, 0) is 24.2 Å². The van der Waals surface area contributed by atoms with Crippen molar-refractivity contribution < 1.29 is 9.47 Å². The molecule has 0 unspecified atom stereocenters. The largest absolute Gasteiger partial charge is 0.353 e. The van der Waals surface area contributed by atoms with Gasteiger partial charge in [0.25, 0.3) is 0 Å². The Hall–Kier alpha value is 0.140. The normalized spacial score (nSPS) is 26.1. The van der Waals surface area contributed by atoms with Crippen LogP contribution in [0.2, 0.25) is 0 Å². The third-order valence-corrected chi connectivity index (χ3v) is 1.98.